The Hall–Kier alpha value is -0.650. The third kappa shape index (κ3) is 7.97. The van der Waals surface area contributed by atoms with Crippen molar-refractivity contribution >= 4 is 5.97 Å². The first kappa shape index (κ1) is 13.4. The van der Waals surface area contributed by atoms with Crippen LogP contribution in [-0.2, 0) is 9.53 Å². The van der Waals surface area contributed by atoms with Gasteiger partial charge in [-0.15, -0.1) is 0 Å². The molecule has 5 nitrogen and oxygen atoms in total. The van der Waals surface area contributed by atoms with Gasteiger partial charge in [0.05, 0.1) is 6.61 Å². The van der Waals surface area contributed by atoms with Crippen LogP contribution in [0.25, 0.3) is 0 Å². The van der Waals surface area contributed by atoms with Crippen molar-refractivity contribution < 1.29 is 14.6 Å². The third-order valence-corrected chi connectivity index (χ3v) is 1.92. The molecule has 1 aliphatic heterocycles. The van der Waals surface area contributed by atoms with Gasteiger partial charge in [-0.2, -0.15) is 0 Å². The molecular weight excluding hydrogens is 184 g/mol. The van der Waals surface area contributed by atoms with Gasteiger partial charge >= 0.3 is 0 Å². The number of methoxy groups -OCH3 is 1. The number of carboxylic acid groups (broad SMARTS) is 1. The van der Waals surface area contributed by atoms with Crippen molar-refractivity contribution in [3.8, 4) is 0 Å². The van der Waals surface area contributed by atoms with Gasteiger partial charge in [0.1, 0.15) is 0 Å². The lowest BCUT2D eigenvalue weighted by Gasteiger charge is -2.13. The largest absolute Gasteiger partial charge is 0.481 e. The lowest BCUT2D eigenvalue weighted by molar-refractivity contribution is -0.134. The average Bonchev–Trinajstić information content (AvgIpc) is 2.47. The van der Waals surface area contributed by atoms with Crippen molar-refractivity contribution in [1.82, 2.24) is 4.90 Å². The summed E-state index contributed by atoms with van der Waals surface area (Å²) in [5, 5.41) is 7.42. The minimum absolute atomic E-state index is 0.400. The number of carbonyl (C=O) groups is 1. The van der Waals surface area contributed by atoms with Gasteiger partial charge in [-0.25, -0.2) is 0 Å². The number of likely N-dealkylation sites (tertiary alicyclic amines) is 1. The Morgan fingerprint density at radius 2 is 2.29 bits per heavy atom. The summed E-state index contributed by atoms with van der Waals surface area (Å²) in [6.07, 6.45) is 1.14. The van der Waals surface area contributed by atoms with Crippen molar-refractivity contribution in [2.45, 2.75) is 19.4 Å². The summed E-state index contributed by atoms with van der Waals surface area (Å²) in [7, 11) is 1.73. The summed E-state index contributed by atoms with van der Waals surface area (Å²) in [5.74, 6) is -0.833. The van der Waals surface area contributed by atoms with E-state index in [4.69, 9.17) is 20.4 Å². The third-order valence-electron chi connectivity index (χ3n) is 1.92. The van der Waals surface area contributed by atoms with Crippen molar-refractivity contribution in [3.63, 3.8) is 0 Å². The number of carboxylic acids is 1. The average molecular weight is 204 g/mol. The van der Waals surface area contributed by atoms with Crippen LogP contribution in [0.4, 0.5) is 0 Å². The highest BCUT2D eigenvalue weighted by molar-refractivity contribution is 5.62. The molecule has 0 saturated carbocycles. The second kappa shape index (κ2) is 7.73. The van der Waals surface area contributed by atoms with Crippen LogP contribution in [0.1, 0.15) is 13.3 Å². The molecule has 0 aromatic heterocycles. The maximum Gasteiger partial charge on any atom is 0.300 e. The Labute approximate surface area is 84.8 Å². The maximum absolute atomic E-state index is 9.00. The topological polar surface area (TPSA) is 75.8 Å². The molecule has 14 heavy (non-hydrogen) atoms. The molecule has 1 rings (SSSR count). The molecule has 0 aromatic rings. The SMILES string of the molecule is CC(=O)O.COCCN1CCC(N)C1. The fourth-order valence-electron chi connectivity index (χ4n) is 1.29. The Morgan fingerprint density at radius 3 is 2.64 bits per heavy atom. The van der Waals surface area contributed by atoms with Crippen LogP contribution in [0.3, 0.4) is 0 Å². The molecule has 0 radical (unpaired) electrons. The predicted octanol–water partition coefficient (Wildman–Crippen LogP) is -0.243. The molecule has 0 aliphatic carbocycles. The van der Waals surface area contributed by atoms with E-state index in [9.17, 15) is 0 Å². The number of aliphatic carboxylic acids is 1. The van der Waals surface area contributed by atoms with Gasteiger partial charge in [-0.3, -0.25) is 9.69 Å². The van der Waals surface area contributed by atoms with Crippen LogP contribution in [0.5, 0.6) is 0 Å². The zero-order chi connectivity index (χ0) is 11.0. The minimum atomic E-state index is -0.833. The molecule has 0 spiro atoms. The van der Waals surface area contributed by atoms with Gasteiger partial charge in [-0.1, -0.05) is 0 Å². The number of hydrogen-bond donors (Lipinski definition) is 2. The quantitative estimate of drug-likeness (QED) is 0.663. The van der Waals surface area contributed by atoms with Gasteiger partial charge in [0.2, 0.25) is 0 Å². The van der Waals surface area contributed by atoms with E-state index in [2.05, 4.69) is 4.90 Å². The highest BCUT2D eigenvalue weighted by Gasteiger charge is 2.17. The monoisotopic (exact) mass is 204 g/mol. The summed E-state index contributed by atoms with van der Waals surface area (Å²) in [6, 6.07) is 0.400. The van der Waals surface area contributed by atoms with E-state index in [1.54, 1.807) is 7.11 Å². The number of nitrogens with two attached hydrogens (primary N) is 1. The van der Waals surface area contributed by atoms with Crippen molar-refractivity contribution in [1.29, 1.82) is 0 Å². The first-order valence-electron chi connectivity index (χ1n) is 4.72. The molecule has 0 bridgehead atoms. The van der Waals surface area contributed by atoms with Crippen LogP contribution in [0.15, 0.2) is 0 Å². The van der Waals surface area contributed by atoms with E-state index in [-0.39, 0.29) is 0 Å². The van der Waals surface area contributed by atoms with E-state index in [1.807, 2.05) is 0 Å². The van der Waals surface area contributed by atoms with Gasteiger partial charge < -0.3 is 15.6 Å². The lowest BCUT2D eigenvalue weighted by Crippen LogP contribution is -2.28. The van der Waals surface area contributed by atoms with Crippen LogP contribution in [-0.4, -0.2) is 55.4 Å². The Kier molecular flexibility index (Phi) is 7.37. The first-order chi connectivity index (χ1) is 6.56. The molecule has 3 N–H and O–H groups in total. The normalized spacial score (nSPS) is 21.5. The molecular formula is C9H20N2O3. The van der Waals surface area contributed by atoms with E-state index in [0.29, 0.717) is 6.04 Å². The van der Waals surface area contributed by atoms with Gasteiger partial charge in [-0.05, 0) is 13.0 Å². The molecule has 1 saturated heterocycles. The highest BCUT2D eigenvalue weighted by Crippen LogP contribution is 2.05. The molecule has 0 aromatic carbocycles. The minimum Gasteiger partial charge on any atom is -0.481 e. The summed E-state index contributed by atoms with van der Waals surface area (Å²) in [5.41, 5.74) is 5.71. The smallest absolute Gasteiger partial charge is 0.300 e. The molecule has 1 fully saturated rings. The van der Waals surface area contributed by atoms with Crippen LogP contribution >= 0.6 is 0 Å². The van der Waals surface area contributed by atoms with Gasteiger partial charge in [0.15, 0.2) is 0 Å². The fourth-order valence-corrected chi connectivity index (χ4v) is 1.29. The second-order valence-corrected chi connectivity index (χ2v) is 3.36. The summed E-state index contributed by atoms with van der Waals surface area (Å²) >= 11 is 0. The number of hydrogen-bond acceptors (Lipinski definition) is 4. The Bertz CT molecular complexity index is 160. The van der Waals surface area contributed by atoms with Crippen molar-refractivity contribution in [2.75, 3.05) is 33.4 Å². The van der Waals surface area contributed by atoms with E-state index >= 15 is 0 Å². The lowest BCUT2D eigenvalue weighted by atomic mass is 10.3. The van der Waals surface area contributed by atoms with Gasteiger partial charge in [0, 0.05) is 33.2 Å². The van der Waals surface area contributed by atoms with Gasteiger partial charge in [0.25, 0.3) is 5.97 Å². The highest BCUT2D eigenvalue weighted by atomic mass is 16.5. The zero-order valence-corrected chi connectivity index (χ0v) is 8.90. The first-order valence-corrected chi connectivity index (χ1v) is 4.72. The number of rotatable bonds is 3. The van der Waals surface area contributed by atoms with Crippen LogP contribution in [0, 0.1) is 0 Å². The summed E-state index contributed by atoms with van der Waals surface area (Å²) in [6.45, 7) is 5.13. The van der Waals surface area contributed by atoms with E-state index in [1.165, 1.54) is 0 Å². The van der Waals surface area contributed by atoms with E-state index < -0.39 is 5.97 Å². The number of nitrogens with zero attached hydrogens (tertiary/aromatic N) is 1. The molecule has 1 unspecified atom stereocenters. The van der Waals surface area contributed by atoms with Crippen molar-refractivity contribution in [2.24, 2.45) is 5.73 Å². The predicted molar refractivity (Wildman–Crippen MR) is 54.2 cm³/mol. The molecule has 1 aliphatic rings. The molecule has 5 heteroatoms. The fraction of sp³-hybridized carbons (Fsp3) is 0.889. The molecule has 0 amide bonds. The molecule has 1 atom stereocenters. The summed E-state index contributed by atoms with van der Waals surface area (Å²) in [4.78, 5) is 11.3. The molecule has 1 heterocycles. The summed E-state index contributed by atoms with van der Waals surface area (Å²) < 4.78 is 4.96. The zero-order valence-electron chi connectivity index (χ0n) is 8.90. The Balaban J connectivity index is 0.000000364. The van der Waals surface area contributed by atoms with Crippen LogP contribution in [0.2, 0.25) is 0 Å². The Morgan fingerprint density at radius 1 is 1.71 bits per heavy atom. The number of ether oxygens (including phenoxy) is 1. The standard InChI is InChI=1S/C7H16N2O.C2H4O2/c1-10-5-4-9-3-2-7(8)6-9;1-2(3)4/h7H,2-6,8H2,1H3;1H3,(H,3,4). The van der Waals surface area contributed by atoms with Crippen LogP contribution < -0.4 is 5.73 Å². The second-order valence-electron chi connectivity index (χ2n) is 3.36. The maximum atomic E-state index is 9.00. The van der Waals surface area contributed by atoms with E-state index in [0.717, 1.165) is 39.6 Å². The molecule has 84 valence electrons. The van der Waals surface area contributed by atoms with Crippen molar-refractivity contribution in [3.05, 3.63) is 0 Å².